The van der Waals surface area contributed by atoms with Gasteiger partial charge in [-0.25, -0.2) is 19.7 Å². The van der Waals surface area contributed by atoms with E-state index in [1.54, 1.807) is 29.4 Å². The summed E-state index contributed by atoms with van der Waals surface area (Å²) in [6.45, 7) is 2.59. The number of imidazole rings is 1. The van der Waals surface area contributed by atoms with Gasteiger partial charge in [0.1, 0.15) is 12.0 Å². The second kappa shape index (κ2) is 10.1. The third-order valence-electron chi connectivity index (χ3n) is 4.57. The number of carbonyl (C=O) groups excluding carboxylic acids is 1. The Balaban J connectivity index is 0.000000396. The maximum Gasteiger partial charge on any atom is 0.490 e. The van der Waals surface area contributed by atoms with Crippen molar-refractivity contribution in [3.63, 3.8) is 0 Å². The fourth-order valence-electron chi connectivity index (χ4n) is 2.96. The van der Waals surface area contributed by atoms with Crippen LogP contribution in [0.15, 0.2) is 24.8 Å². The van der Waals surface area contributed by atoms with Crippen molar-refractivity contribution in [2.45, 2.75) is 44.8 Å². The number of hydrogen-bond acceptors (Lipinski definition) is 6. The lowest BCUT2D eigenvalue weighted by Crippen LogP contribution is -2.39. The van der Waals surface area contributed by atoms with Gasteiger partial charge >= 0.3 is 12.1 Å². The van der Waals surface area contributed by atoms with Crippen molar-refractivity contribution in [3.05, 3.63) is 36.2 Å². The SMILES string of the molecule is Cc1cc(C(=O)N[C@H]2CC[C@H](CN)CC2)nc(-n2ccnc2)n1.O=C(O)C(F)(F)F. The summed E-state index contributed by atoms with van der Waals surface area (Å²) in [7, 11) is 0. The Hall–Kier alpha value is -3.02. The Bertz CT molecular complexity index is 849. The van der Waals surface area contributed by atoms with Gasteiger partial charge in [-0.15, -0.1) is 0 Å². The molecule has 0 aromatic carbocycles. The van der Waals surface area contributed by atoms with Crippen LogP contribution in [0.3, 0.4) is 0 Å². The zero-order valence-electron chi connectivity index (χ0n) is 16.3. The number of nitrogens with zero attached hydrogens (tertiary/aromatic N) is 4. The van der Waals surface area contributed by atoms with Crippen LogP contribution in [0.5, 0.6) is 0 Å². The Morgan fingerprint density at radius 2 is 1.90 bits per heavy atom. The third kappa shape index (κ3) is 6.79. The normalized spacial score (nSPS) is 18.8. The molecule has 2 aromatic rings. The third-order valence-corrected chi connectivity index (χ3v) is 4.57. The molecule has 1 aliphatic carbocycles. The summed E-state index contributed by atoms with van der Waals surface area (Å²) in [6, 6.07) is 1.92. The predicted molar refractivity (Wildman–Crippen MR) is 99.8 cm³/mol. The molecule has 1 fully saturated rings. The first-order valence-electron chi connectivity index (χ1n) is 9.25. The maximum absolute atomic E-state index is 12.5. The lowest BCUT2D eigenvalue weighted by Gasteiger charge is -2.28. The lowest BCUT2D eigenvalue weighted by atomic mass is 9.86. The van der Waals surface area contributed by atoms with Crippen LogP contribution in [0.1, 0.15) is 41.9 Å². The molecule has 1 amide bonds. The molecule has 0 bridgehead atoms. The molecule has 12 heteroatoms. The summed E-state index contributed by atoms with van der Waals surface area (Å²) < 4.78 is 33.4. The molecule has 0 atom stereocenters. The van der Waals surface area contributed by atoms with E-state index in [0.717, 1.165) is 37.9 Å². The van der Waals surface area contributed by atoms with Crippen molar-refractivity contribution in [1.29, 1.82) is 0 Å². The number of amides is 1. The van der Waals surface area contributed by atoms with E-state index in [0.29, 0.717) is 17.6 Å². The number of nitrogens with two attached hydrogens (primary N) is 1. The number of aromatic nitrogens is 4. The first-order chi connectivity index (χ1) is 14.1. The fourth-order valence-corrected chi connectivity index (χ4v) is 2.96. The fraction of sp³-hybridized carbons (Fsp3) is 0.500. The number of nitrogens with one attached hydrogen (secondary N) is 1. The van der Waals surface area contributed by atoms with Gasteiger partial charge in [0.15, 0.2) is 0 Å². The summed E-state index contributed by atoms with van der Waals surface area (Å²) >= 11 is 0. The van der Waals surface area contributed by atoms with E-state index >= 15 is 0 Å². The molecule has 1 aliphatic rings. The zero-order chi connectivity index (χ0) is 22.3. The van der Waals surface area contributed by atoms with Crippen LogP contribution < -0.4 is 11.1 Å². The molecular weight excluding hydrogens is 405 g/mol. The highest BCUT2D eigenvalue weighted by Crippen LogP contribution is 2.23. The molecule has 4 N–H and O–H groups in total. The molecule has 164 valence electrons. The average molecular weight is 428 g/mol. The summed E-state index contributed by atoms with van der Waals surface area (Å²) in [5, 5.41) is 10.2. The van der Waals surface area contributed by atoms with Crippen molar-refractivity contribution >= 4 is 11.9 Å². The number of carboxylic acid groups (broad SMARTS) is 1. The van der Waals surface area contributed by atoms with E-state index in [4.69, 9.17) is 15.6 Å². The molecule has 2 heterocycles. The Kier molecular flexibility index (Phi) is 7.86. The Labute approximate surface area is 170 Å². The monoisotopic (exact) mass is 428 g/mol. The van der Waals surface area contributed by atoms with Crippen molar-refractivity contribution in [3.8, 4) is 5.95 Å². The maximum atomic E-state index is 12.5. The molecule has 9 nitrogen and oxygen atoms in total. The number of aliphatic carboxylic acids is 1. The summed E-state index contributed by atoms with van der Waals surface area (Å²) in [4.78, 5) is 34.1. The smallest absolute Gasteiger partial charge is 0.475 e. The van der Waals surface area contributed by atoms with Crippen molar-refractivity contribution < 1.29 is 27.9 Å². The van der Waals surface area contributed by atoms with E-state index in [9.17, 15) is 18.0 Å². The van der Waals surface area contributed by atoms with Crippen LogP contribution in [0.4, 0.5) is 13.2 Å². The Morgan fingerprint density at radius 1 is 1.27 bits per heavy atom. The second-order valence-electron chi connectivity index (χ2n) is 6.89. The molecule has 2 aromatic heterocycles. The van der Waals surface area contributed by atoms with Gasteiger partial charge in [-0.3, -0.25) is 9.36 Å². The quantitative estimate of drug-likeness (QED) is 0.676. The number of halogens is 3. The first kappa shape index (κ1) is 23.3. The molecular formula is C18H23F3N6O3. The van der Waals surface area contributed by atoms with Gasteiger partial charge in [-0.1, -0.05) is 0 Å². The molecule has 3 rings (SSSR count). The van der Waals surface area contributed by atoms with Gasteiger partial charge in [0, 0.05) is 24.1 Å². The van der Waals surface area contributed by atoms with Crippen LogP contribution in [0.2, 0.25) is 0 Å². The Morgan fingerprint density at radius 3 is 2.40 bits per heavy atom. The number of carbonyl (C=O) groups is 2. The molecule has 0 spiro atoms. The summed E-state index contributed by atoms with van der Waals surface area (Å²) in [5.41, 5.74) is 6.85. The van der Waals surface area contributed by atoms with Crippen molar-refractivity contribution in [1.82, 2.24) is 24.8 Å². The molecule has 0 saturated heterocycles. The molecule has 0 radical (unpaired) electrons. The average Bonchev–Trinajstić information content (AvgIpc) is 3.23. The van der Waals surface area contributed by atoms with Gasteiger partial charge in [0.25, 0.3) is 5.91 Å². The number of carboxylic acids is 1. The minimum atomic E-state index is -5.08. The topological polar surface area (TPSA) is 136 Å². The number of hydrogen-bond donors (Lipinski definition) is 3. The van der Waals surface area contributed by atoms with Gasteiger partial charge in [0.2, 0.25) is 5.95 Å². The van der Waals surface area contributed by atoms with E-state index in [2.05, 4.69) is 20.3 Å². The van der Waals surface area contributed by atoms with Gasteiger partial charge in [0.05, 0.1) is 0 Å². The van der Waals surface area contributed by atoms with Crippen LogP contribution in [-0.4, -0.2) is 55.3 Å². The highest BCUT2D eigenvalue weighted by molar-refractivity contribution is 5.92. The largest absolute Gasteiger partial charge is 0.490 e. The van der Waals surface area contributed by atoms with Crippen LogP contribution in [-0.2, 0) is 4.79 Å². The lowest BCUT2D eigenvalue weighted by molar-refractivity contribution is -0.192. The van der Waals surface area contributed by atoms with Crippen LogP contribution in [0.25, 0.3) is 5.95 Å². The standard InChI is InChI=1S/C16H22N6O.C2HF3O2/c1-11-8-14(21-16(19-11)22-7-6-18-10-22)15(23)20-13-4-2-12(9-17)3-5-13;3-2(4,5)1(6)7/h6-8,10,12-13H,2-5,9,17H2,1H3,(H,20,23);(H,6,7)/t12-,13-;. The van der Waals surface area contributed by atoms with Gasteiger partial charge in [-0.2, -0.15) is 13.2 Å². The summed E-state index contributed by atoms with van der Waals surface area (Å²) in [6.07, 6.45) is 4.05. The number of rotatable bonds is 4. The first-order valence-corrected chi connectivity index (χ1v) is 9.25. The van der Waals surface area contributed by atoms with E-state index in [1.165, 1.54) is 0 Å². The zero-order valence-corrected chi connectivity index (χ0v) is 16.3. The van der Waals surface area contributed by atoms with Gasteiger partial charge < -0.3 is 16.2 Å². The minimum absolute atomic E-state index is 0.145. The minimum Gasteiger partial charge on any atom is -0.475 e. The molecule has 1 saturated carbocycles. The number of alkyl halides is 3. The van der Waals surface area contributed by atoms with Crippen molar-refractivity contribution in [2.24, 2.45) is 11.7 Å². The summed E-state index contributed by atoms with van der Waals surface area (Å²) in [5.74, 6) is -1.85. The second-order valence-corrected chi connectivity index (χ2v) is 6.89. The van der Waals surface area contributed by atoms with E-state index in [1.807, 2.05) is 6.92 Å². The van der Waals surface area contributed by atoms with E-state index < -0.39 is 12.1 Å². The predicted octanol–water partition coefficient (Wildman–Crippen LogP) is 1.85. The van der Waals surface area contributed by atoms with Gasteiger partial charge in [-0.05, 0) is 51.1 Å². The number of aryl methyl sites for hydroxylation is 1. The molecule has 0 aliphatic heterocycles. The van der Waals surface area contributed by atoms with E-state index in [-0.39, 0.29) is 11.9 Å². The molecule has 30 heavy (non-hydrogen) atoms. The van der Waals surface area contributed by atoms with Crippen LogP contribution >= 0.6 is 0 Å². The molecule has 0 unspecified atom stereocenters. The van der Waals surface area contributed by atoms with Crippen LogP contribution in [0, 0.1) is 12.8 Å². The van der Waals surface area contributed by atoms with Crippen molar-refractivity contribution in [2.75, 3.05) is 6.54 Å². The highest BCUT2D eigenvalue weighted by atomic mass is 19.4. The highest BCUT2D eigenvalue weighted by Gasteiger charge is 2.38.